The van der Waals surface area contributed by atoms with Gasteiger partial charge in [-0.3, -0.25) is 4.99 Å². The lowest BCUT2D eigenvalue weighted by atomic mass is 10.0. The molecule has 0 radical (unpaired) electrons. The van der Waals surface area contributed by atoms with E-state index in [1.54, 1.807) is 19.4 Å². The molecule has 0 saturated heterocycles. The number of aliphatic imine (C=N–C) groups is 1. The Hall–Kier alpha value is -2.92. The van der Waals surface area contributed by atoms with Gasteiger partial charge in [-0.1, -0.05) is 29.8 Å². The molecule has 0 spiro atoms. The van der Waals surface area contributed by atoms with E-state index < -0.39 is 5.63 Å². The van der Waals surface area contributed by atoms with Gasteiger partial charge in [-0.2, -0.15) is 0 Å². The third-order valence-corrected chi connectivity index (χ3v) is 4.42. The van der Waals surface area contributed by atoms with Gasteiger partial charge in [0, 0.05) is 24.4 Å². The summed E-state index contributed by atoms with van der Waals surface area (Å²) in [5.74, 6) is 0. The van der Waals surface area contributed by atoms with E-state index in [2.05, 4.69) is 43.2 Å². The Morgan fingerprint density at radius 2 is 1.81 bits per heavy atom. The summed E-state index contributed by atoms with van der Waals surface area (Å²) < 4.78 is 10.5. The molecule has 0 amide bonds. The second-order valence-electron chi connectivity index (χ2n) is 6.60. The number of benzene rings is 2. The van der Waals surface area contributed by atoms with E-state index >= 15 is 0 Å². The number of fused-ring (bicyclic) bond motifs is 1. The monoisotopic (exact) mass is 364 g/mol. The Labute approximate surface area is 158 Å². The van der Waals surface area contributed by atoms with Crippen molar-refractivity contribution in [2.75, 3.05) is 25.6 Å². The van der Waals surface area contributed by atoms with Crippen LogP contribution in [0, 0.1) is 20.8 Å². The molecular formula is C22H24N2O3. The SMILES string of the molecule is COCCN=Cc1c(Nc2c(C)cc(C)cc2C)c2ccccc2oc1=O. The van der Waals surface area contributed by atoms with Crippen LogP contribution >= 0.6 is 0 Å². The maximum Gasteiger partial charge on any atom is 0.347 e. The highest BCUT2D eigenvalue weighted by atomic mass is 16.5. The van der Waals surface area contributed by atoms with Crippen LogP contribution in [-0.4, -0.2) is 26.5 Å². The van der Waals surface area contributed by atoms with Gasteiger partial charge in [-0.05, 0) is 44.0 Å². The Balaban J connectivity index is 2.17. The second kappa shape index (κ2) is 8.18. The zero-order valence-corrected chi connectivity index (χ0v) is 16.1. The van der Waals surface area contributed by atoms with Crippen molar-refractivity contribution in [1.82, 2.24) is 0 Å². The zero-order valence-electron chi connectivity index (χ0n) is 16.1. The molecule has 0 unspecified atom stereocenters. The van der Waals surface area contributed by atoms with Gasteiger partial charge in [0.05, 0.1) is 18.8 Å². The molecule has 2 aromatic carbocycles. The third-order valence-electron chi connectivity index (χ3n) is 4.42. The number of hydrogen-bond acceptors (Lipinski definition) is 5. The van der Waals surface area contributed by atoms with E-state index in [1.165, 1.54) is 5.56 Å². The fourth-order valence-electron chi connectivity index (χ4n) is 3.22. The second-order valence-corrected chi connectivity index (χ2v) is 6.60. The molecule has 5 nitrogen and oxygen atoms in total. The summed E-state index contributed by atoms with van der Waals surface area (Å²) >= 11 is 0. The molecule has 3 aromatic rings. The van der Waals surface area contributed by atoms with E-state index in [-0.39, 0.29) is 0 Å². The van der Waals surface area contributed by atoms with Crippen LogP contribution in [0.2, 0.25) is 0 Å². The largest absolute Gasteiger partial charge is 0.422 e. The summed E-state index contributed by atoms with van der Waals surface area (Å²) in [6.45, 7) is 7.16. The van der Waals surface area contributed by atoms with Crippen molar-refractivity contribution in [1.29, 1.82) is 0 Å². The molecule has 3 rings (SSSR count). The summed E-state index contributed by atoms with van der Waals surface area (Å²) in [4.78, 5) is 16.9. The zero-order chi connectivity index (χ0) is 19.4. The van der Waals surface area contributed by atoms with Crippen LogP contribution in [0.4, 0.5) is 11.4 Å². The number of anilines is 2. The molecule has 5 heteroatoms. The summed E-state index contributed by atoms with van der Waals surface area (Å²) in [6.07, 6.45) is 1.57. The Bertz CT molecular complexity index is 1030. The summed E-state index contributed by atoms with van der Waals surface area (Å²) in [7, 11) is 1.62. The highest BCUT2D eigenvalue weighted by Crippen LogP contribution is 2.31. The van der Waals surface area contributed by atoms with Gasteiger partial charge < -0.3 is 14.5 Å². The van der Waals surface area contributed by atoms with E-state index in [9.17, 15) is 4.79 Å². The summed E-state index contributed by atoms with van der Waals surface area (Å²) in [5.41, 5.74) is 5.67. The number of methoxy groups -OCH3 is 1. The molecule has 27 heavy (non-hydrogen) atoms. The fraction of sp³-hybridized carbons (Fsp3) is 0.273. The van der Waals surface area contributed by atoms with Crippen LogP contribution in [0.5, 0.6) is 0 Å². The van der Waals surface area contributed by atoms with Crippen LogP contribution in [-0.2, 0) is 4.74 Å². The van der Waals surface area contributed by atoms with Crippen molar-refractivity contribution in [3.63, 3.8) is 0 Å². The third kappa shape index (κ3) is 4.09. The summed E-state index contributed by atoms with van der Waals surface area (Å²) in [5, 5.41) is 4.32. The smallest absolute Gasteiger partial charge is 0.347 e. The van der Waals surface area contributed by atoms with E-state index in [0.717, 1.165) is 22.2 Å². The van der Waals surface area contributed by atoms with Gasteiger partial charge in [-0.15, -0.1) is 0 Å². The van der Waals surface area contributed by atoms with Crippen LogP contribution in [0.25, 0.3) is 11.0 Å². The number of nitrogens with one attached hydrogen (secondary N) is 1. The predicted molar refractivity (Wildman–Crippen MR) is 111 cm³/mol. The lowest BCUT2D eigenvalue weighted by Gasteiger charge is -2.16. The van der Waals surface area contributed by atoms with Gasteiger partial charge >= 0.3 is 5.63 Å². The normalized spacial score (nSPS) is 11.4. The molecule has 0 bridgehead atoms. The first-order chi connectivity index (χ1) is 13.0. The Morgan fingerprint density at radius 3 is 2.52 bits per heavy atom. The van der Waals surface area contributed by atoms with Crippen LogP contribution in [0.15, 0.2) is 50.6 Å². The molecule has 1 N–H and O–H groups in total. The molecular weight excluding hydrogens is 340 g/mol. The van der Waals surface area contributed by atoms with Crippen LogP contribution < -0.4 is 10.9 Å². The molecule has 0 aliphatic heterocycles. The van der Waals surface area contributed by atoms with Gasteiger partial charge in [0.1, 0.15) is 11.1 Å². The topological polar surface area (TPSA) is 63.8 Å². The van der Waals surface area contributed by atoms with E-state index in [1.807, 2.05) is 18.2 Å². The number of aryl methyl sites for hydroxylation is 3. The molecule has 1 aromatic heterocycles. The molecule has 1 heterocycles. The highest BCUT2D eigenvalue weighted by Gasteiger charge is 2.15. The predicted octanol–water partition coefficient (Wildman–Crippen LogP) is 4.53. The fourth-order valence-corrected chi connectivity index (χ4v) is 3.22. The first kappa shape index (κ1) is 18.9. The highest BCUT2D eigenvalue weighted by molar-refractivity contribution is 6.02. The van der Waals surface area contributed by atoms with Gasteiger partial charge in [0.15, 0.2) is 0 Å². The minimum Gasteiger partial charge on any atom is -0.422 e. The van der Waals surface area contributed by atoms with Crippen molar-refractivity contribution in [2.45, 2.75) is 20.8 Å². The molecule has 0 atom stereocenters. The van der Waals surface area contributed by atoms with E-state index in [0.29, 0.717) is 30.0 Å². The van der Waals surface area contributed by atoms with Crippen molar-refractivity contribution in [3.8, 4) is 0 Å². The number of rotatable bonds is 6. The molecule has 0 fully saturated rings. The van der Waals surface area contributed by atoms with Gasteiger partial charge in [0.2, 0.25) is 0 Å². The molecule has 140 valence electrons. The van der Waals surface area contributed by atoms with Crippen molar-refractivity contribution < 1.29 is 9.15 Å². The van der Waals surface area contributed by atoms with Crippen LogP contribution in [0.1, 0.15) is 22.3 Å². The Kier molecular flexibility index (Phi) is 5.72. The maximum absolute atomic E-state index is 12.6. The molecule has 0 saturated carbocycles. The van der Waals surface area contributed by atoms with Crippen LogP contribution in [0.3, 0.4) is 0 Å². The van der Waals surface area contributed by atoms with Gasteiger partial charge in [-0.25, -0.2) is 4.79 Å². The lowest BCUT2D eigenvalue weighted by molar-refractivity contribution is 0.208. The van der Waals surface area contributed by atoms with Crippen molar-refractivity contribution in [3.05, 3.63) is 69.1 Å². The average Bonchev–Trinajstić information content (AvgIpc) is 2.62. The average molecular weight is 364 g/mol. The number of para-hydroxylation sites is 1. The van der Waals surface area contributed by atoms with Gasteiger partial charge in [0.25, 0.3) is 0 Å². The number of nitrogens with zero attached hydrogens (tertiary/aromatic N) is 1. The number of ether oxygens (including phenoxy) is 1. The quantitative estimate of drug-likeness (QED) is 0.397. The van der Waals surface area contributed by atoms with Crippen molar-refractivity contribution in [2.24, 2.45) is 4.99 Å². The van der Waals surface area contributed by atoms with Crippen molar-refractivity contribution >= 4 is 28.6 Å². The Morgan fingerprint density at radius 1 is 1.11 bits per heavy atom. The number of hydrogen-bond donors (Lipinski definition) is 1. The first-order valence-electron chi connectivity index (χ1n) is 8.90. The first-order valence-corrected chi connectivity index (χ1v) is 8.90. The minimum absolute atomic E-state index is 0.407. The maximum atomic E-state index is 12.6. The summed E-state index contributed by atoms with van der Waals surface area (Å²) in [6, 6.07) is 11.7. The molecule has 0 aliphatic carbocycles. The molecule has 0 aliphatic rings. The van der Waals surface area contributed by atoms with E-state index in [4.69, 9.17) is 9.15 Å². The standard InChI is InChI=1S/C22H24N2O3/c1-14-11-15(2)20(16(3)12-14)24-21-17-7-5-6-8-19(17)27-22(25)18(21)13-23-9-10-26-4/h5-8,11-13,24H,9-10H2,1-4H3. The minimum atomic E-state index is -0.417. The lowest BCUT2D eigenvalue weighted by Crippen LogP contribution is -2.12.